The number of aromatic nitrogens is 1. The average molecular weight is 207 g/mol. The Hall–Kier alpha value is -1.75. The number of nitrogen functional groups attached to an aromatic ring is 1. The number of anilines is 1. The number of carbonyl (C=O) groups excluding carboxylic acids is 2. The largest absolute Gasteiger partial charge is 0.322 e. The zero-order valence-corrected chi connectivity index (χ0v) is 8.65. The van der Waals surface area contributed by atoms with Crippen LogP contribution >= 0.6 is 0 Å². The molecular formula is C10H13N3O2. The number of rotatable bonds is 4. The van der Waals surface area contributed by atoms with Gasteiger partial charge in [0.1, 0.15) is 6.29 Å². The third-order valence-electron chi connectivity index (χ3n) is 2.08. The molecule has 1 unspecified atom stereocenters. The van der Waals surface area contributed by atoms with Crippen molar-refractivity contribution in [2.75, 3.05) is 5.43 Å². The number of nitrogens with two attached hydrogens (primary N) is 1. The van der Waals surface area contributed by atoms with Crippen LogP contribution in [0.4, 0.5) is 5.69 Å². The zero-order valence-electron chi connectivity index (χ0n) is 8.65. The summed E-state index contributed by atoms with van der Waals surface area (Å²) in [4.78, 5) is 26.3. The molecule has 80 valence electrons. The molecule has 0 aliphatic rings. The SMILES string of the molecule is Cc1cc(C(=O)C(C)C=O)c(NN)cn1. The fourth-order valence-corrected chi connectivity index (χ4v) is 1.19. The van der Waals surface area contributed by atoms with E-state index in [1.807, 2.05) is 0 Å². The Morgan fingerprint density at radius 3 is 2.87 bits per heavy atom. The van der Waals surface area contributed by atoms with Gasteiger partial charge in [0, 0.05) is 11.3 Å². The number of carbonyl (C=O) groups is 2. The molecule has 0 radical (unpaired) electrons. The van der Waals surface area contributed by atoms with Crippen molar-refractivity contribution in [3.63, 3.8) is 0 Å². The predicted octanol–water partition coefficient (Wildman–Crippen LogP) is 0.693. The van der Waals surface area contributed by atoms with E-state index in [0.717, 1.165) is 0 Å². The number of nitrogens with zero attached hydrogens (tertiary/aromatic N) is 1. The number of pyridine rings is 1. The first-order chi connectivity index (χ1) is 7.10. The second-order valence-corrected chi connectivity index (χ2v) is 3.30. The maximum absolute atomic E-state index is 11.8. The van der Waals surface area contributed by atoms with E-state index in [1.54, 1.807) is 19.9 Å². The van der Waals surface area contributed by atoms with Crippen molar-refractivity contribution in [3.8, 4) is 0 Å². The molecule has 5 nitrogen and oxygen atoms in total. The Morgan fingerprint density at radius 2 is 2.33 bits per heavy atom. The molecule has 1 heterocycles. The van der Waals surface area contributed by atoms with E-state index in [-0.39, 0.29) is 5.78 Å². The number of hydrazine groups is 1. The van der Waals surface area contributed by atoms with Crippen molar-refractivity contribution in [2.24, 2.45) is 11.8 Å². The summed E-state index contributed by atoms with van der Waals surface area (Å²) in [5.74, 6) is 4.32. The van der Waals surface area contributed by atoms with Crippen LogP contribution in [0.2, 0.25) is 0 Å². The van der Waals surface area contributed by atoms with E-state index in [2.05, 4.69) is 10.4 Å². The molecule has 1 aromatic rings. The second-order valence-electron chi connectivity index (χ2n) is 3.30. The molecule has 0 spiro atoms. The van der Waals surface area contributed by atoms with Gasteiger partial charge in [-0.15, -0.1) is 0 Å². The van der Waals surface area contributed by atoms with Crippen LogP contribution in [0.3, 0.4) is 0 Å². The average Bonchev–Trinajstić information content (AvgIpc) is 2.27. The molecule has 0 saturated heterocycles. The Morgan fingerprint density at radius 1 is 1.67 bits per heavy atom. The number of nitrogens with one attached hydrogen (secondary N) is 1. The lowest BCUT2D eigenvalue weighted by Gasteiger charge is -2.09. The van der Waals surface area contributed by atoms with Gasteiger partial charge in [-0.3, -0.25) is 15.6 Å². The van der Waals surface area contributed by atoms with E-state index in [1.165, 1.54) is 6.20 Å². The van der Waals surface area contributed by atoms with Gasteiger partial charge in [0.25, 0.3) is 0 Å². The number of aryl methyl sites for hydroxylation is 1. The van der Waals surface area contributed by atoms with Crippen molar-refractivity contribution in [3.05, 3.63) is 23.5 Å². The minimum Gasteiger partial charge on any atom is -0.322 e. The molecule has 0 aliphatic carbocycles. The first-order valence-corrected chi connectivity index (χ1v) is 4.53. The van der Waals surface area contributed by atoms with Crippen LogP contribution in [-0.2, 0) is 4.79 Å². The molecule has 0 fully saturated rings. The summed E-state index contributed by atoms with van der Waals surface area (Å²) in [7, 11) is 0. The summed E-state index contributed by atoms with van der Waals surface area (Å²) < 4.78 is 0. The molecule has 15 heavy (non-hydrogen) atoms. The molecule has 1 aromatic heterocycles. The third kappa shape index (κ3) is 2.38. The highest BCUT2D eigenvalue weighted by atomic mass is 16.1. The standard InChI is InChI=1S/C10H13N3O2/c1-6(5-14)10(15)8-3-7(2)12-4-9(8)13-11/h3-6,13H,11H2,1-2H3. The van der Waals surface area contributed by atoms with Crippen LogP contribution in [0.15, 0.2) is 12.3 Å². The summed E-state index contributed by atoms with van der Waals surface area (Å²) in [5, 5.41) is 0. The quantitative estimate of drug-likeness (QED) is 0.249. The van der Waals surface area contributed by atoms with Gasteiger partial charge in [-0.1, -0.05) is 0 Å². The molecule has 5 heteroatoms. The fourth-order valence-electron chi connectivity index (χ4n) is 1.19. The molecule has 1 rings (SSSR count). The first-order valence-electron chi connectivity index (χ1n) is 4.53. The molecule has 0 amide bonds. The number of ketones is 1. The predicted molar refractivity (Wildman–Crippen MR) is 56.3 cm³/mol. The number of aldehydes is 1. The lowest BCUT2D eigenvalue weighted by Crippen LogP contribution is -2.18. The maximum Gasteiger partial charge on any atom is 0.174 e. The van der Waals surface area contributed by atoms with Gasteiger partial charge in [0.05, 0.1) is 17.8 Å². The Balaban J connectivity index is 3.16. The van der Waals surface area contributed by atoms with Gasteiger partial charge in [-0.2, -0.15) is 0 Å². The van der Waals surface area contributed by atoms with Crippen LogP contribution in [-0.4, -0.2) is 17.1 Å². The lowest BCUT2D eigenvalue weighted by molar-refractivity contribution is -0.109. The van der Waals surface area contributed by atoms with Crippen molar-refractivity contribution in [1.29, 1.82) is 0 Å². The van der Waals surface area contributed by atoms with E-state index >= 15 is 0 Å². The van der Waals surface area contributed by atoms with Crippen molar-refractivity contribution < 1.29 is 9.59 Å². The third-order valence-corrected chi connectivity index (χ3v) is 2.08. The molecule has 3 N–H and O–H groups in total. The summed E-state index contributed by atoms with van der Waals surface area (Å²) >= 11 is 0. The van der Waals surface area contributed by atoms with Crippen molar-refractivity contribution in [2.45, 2.75) is 13.8 Å². The van der Waals surface area contributed by atoms with Gasteiger partial charge in [0.2, 0.25) is 0 Å². The summed E-state index contributed by atoms with van der Waals surface area (Å²) in [6.45, 7) is 3.31. The van der Waals surface area contributed by atoms with Crippen molar-refractivity contribution in [1.82, 2.24) is 4.98 Å². The smallest absolute Gasteiger partial charge is 0.174 e. The fraction of sp³-hybridized carbons (Fsp3) is 0.300. The van der Waals surface area contributed by atoms with Crippen LogP contribution in [0.25, 0.3) is 0 Å². The Bertz CT molecular complexity index is 390. The van der Waals surface area contributed by atoms with Gasteiger partial charge >= 0.3 is 0 Å². The van der Waals surface area contributed by atoms with Gasteiger partial charge in [-0.25, -0.2) is 0 Å². The molecule has 0 bridgehead atoms. The van der Waals surface area contributed by atoms with E-state index in [4.69, 9.17) is 5.84 Å². The van der Waals surface area contributed by atoms with E-state index in [9.17, 15) is 9.59 Å². The van der Waals surface area contributed by atoms with Gasteiger partial charge in [0.15, 0.2) is 5.78 Å². The molecule has 0 saturated carbocycles. The second kappa shape index (κ2) is 4.65. The van der Waals surface area contributed by atoms with E-state index in [0.29, 0.717) is 23.2 Å². The molecule has 0 aromatic carbocycles. The Labute approximate surface area is 87.7 Å². The highest BCUT2D eigenvalue weighted by Crippen LogP contribution is 2.17. The monoisotopic (exact) mass is 207 g/mol. The van der Waals surface area contributed by atoms with Crippen LogP contribution in [0, 0.1) is 12.8 Å². The lowest BCUT2D eigenvalue weighted by atomic mass is 10.00. The highest BCUT2D eigenvalue weighted by Gasteiger charge is 2.17. The summed E-state index contributed by atoms with van der Waals surface area (Å²) in [5.41, 5.74) is 3.91. The maximum atomic E-state index is 11.8. The van der Waals surface area contributed by atoms with Crippen LogP contribution in [0.1, 0.15) is 23.0 Å². The minimum absolute atomic E-state index is 0.261. The number of hydrogen-bond donors (Lipinski definition) is 2. The Kier molecular flexibility index (Phi) is 3.51. The van der Waals surface area contributed by atoms with Crippen LogP contribution in [0.5, 0.6) is 0 Å². The van der Waals surface area contributed by atoms with E-state index < -0.39 is 5.92 Å². The molecular weight excluding hydrogens is 194 g/mol. The zero-order chi connectivity index (χ0) is 11.4. The van der Waals surface area contributed by atoms with Gasteiger partial charge in [-0.05, 0) is 19.9 Å². The highest BCUT2D eigenvalue weighted by molar-refractivity contribution is 6.08. The minimum atomic E-state index is -0.668. The molecule has 0 aliphatic heterocycles. The number of Topliss-reactive ketones (excluding diaryl/α,β-unsaturated/α-hetero) is 1. The number of hydrogen-bond acceptors (Lipinski definition) is 5. The summed E-state index contributed by atoms with van der Waals surface area (Å²) in [6, 6.07) is 1.61. The van der Waals surface area contributed by atoms with Crippen molar-refractivity contribution >= 4 is 17.8 Å². The topological polar surface area (TPSA) is 85.1 Å². The first kappa shape index (κ1) is 11.3. The van der Waals surface area contributed by atoms with Crippen LogP contribution < -0.4 is 11.3 Å². The molecule has 1 atom stereocenters. The normalized spacial score (nSPS) is 11.9. The van der Waals surface area contributed by atoms with Gasteiger partial charge < -0.3 is 10.2 Å². The summed E-state index contributed by atoms with van der Waals surface area (Å²) in [6.07, 6.45) is 2.08.